The molecule has 0 radical (unpaired) electrons. The lowest BCUT2D eigenvalue weighted by Crippen LogP contribution is -2.33. The number of pyridine rings is 2. The number of aliphatic hydroxyl groups is 1. The minimum atomic E-state index is 0.317. The normalized spacial score (nSPS) is 11.0. The molecule has 3 heteroatoms. The number of aryl methyl sites for hydroxylation is 2. The zero-order valence-electron chi connectivity index (χ0n) is 16.4. The fourth-order valence-corrected chi connectivity index (χ4v) is 3.26. The monoisotopic (exact) mass is 356 g/mol. The van der Waals surface area contributed by atoms with Gasteiger partial charge in [-0.05, 0) is 30.4 Å². The van der Waals surface area contributed by atoms with Crippen LogP contribution in [-0.4, -0.2) is 11.7 Å². The molecule has 0 bridgehead atoms. The maximum Gasteiger partial charge on any atom is 0.169 e. The highest BCUT2D eigenvalue weighted by Crippen LogP contribution is 2.15. The highest BCUT2D eigenvalue weighted by Gasteiger charge is 2.06. The molecule has 0 aliphatic rings. The van der Waals surface area contributed by atoms with Gasteiger partial charge in [-0.15, -0.1) is 0 Å². The van der Waals surface area contributed by atoms with E-state index in [9.17, 15) is 0 Å². The summed E-state index contributed by atoms with van der Waals surface area (Å²) < 4.78 is 4.55. The van der Waals surface area contributed by atoms with Gasteiger partial charge in [-0.3, -0.25) is 0 Å². The zero-order chi connectivity index (χ0) is 18.5. The molecule has 0 aromatic carbocycles. The molecule has 2 heterocycles. The molecule has 2 aromatic rings. The van der Waals surface area contributed by atoms with E-state index in [0.29, 0.717) is 6.61 Å². The number of aliphatic hydroxyl groups excluding tert-OH is 1. The first-order valence-electron chi connectivity index (χ1n) is 10.4. The van der Waals surface area contributed by atoms with Gasteiger partial charge in [0.25, 0.3) is 0 Å². The van der Waals surface area contributed by atoms with Gasteiger partial charge in [0.15, 0.2) is 24.8 Å². The summed E-state index contributed by atoms with van der Waals surface area (Å²) in [5, 5.41) is 8.81. The number of hydrogen-bond acceptors (Lipinski definition) is 1. The van der Waals surface area contributed by atoms with Crippen LogP contribution in [-0.2, 0) is 13.1 Å². The molecule has 3 nitrogen and oxygen atoms in total. The van der Waals surface area contributed by atoms with Crippen molar-refractivity contribution in [3.63, 3.8) is 0 Å². The van der Waals surface area contributed by atoms with Gasteiger partial charge >= 0.3 is 0 Å². The van der Waals surface area contributed by atoms with Crippen LogP contribution in [0.4, 0.5) is 0 Å². The van der Waals surface area contributed by atoms with Crippen molar-refractivity contribution < 1.29 is 14.2 Å². The van der Waals surface area contributed by atoms with Crippen LogP contribution in [0, 0.1) is 0 Å². The molecule has 142 valence electrons. The van der Waals surface area contributed by atoms with E-state index in [0.717, 1.165) is 25.9 Å². The standard InChI is InChI=1S/C23H36N2O/c1-2-3-4-5-8-15-24-17-11-22(12-18-24)23-13-19-25(20-14-23)16-9-6-7-10-21-26/h11-14,17-20,26H,2-10,15-16,21H2,1H3/q+2. The van der Waals surface area contributed by atoms with Gasteiger partial charge in [0.05, 0.1) is 0 Å². The summed E-state index contributed by atoms with van der Waals surface area (Å²) in [6, 6.07) is 8.86. The average molecular weight is 357 g/mol. The maximum atomic E-state index is 8.81. The Kier molecular flexibility index (Phi) is 9.96. The largest absolute Gasteiger partial charge is 0.396 e. The molecule has 0 amide bonds. The molecule has 0 spiro atoms. The van der Waals surface area contributed by atoms with Gasteiger partial charge < -0.3 is 5.11 Å². The SMILES string of the molecule is CCCCCCC[n+]1ccc(-c2cc[n+](CCCCCCO)cc2)cc1. The van der Waals surface area contributed by atoms with E-state index < -0.39 is 0 Å². The lowest BCUT2D eigenvalue weighted by Gasteiger charge is -2.02. The summed E-state index contributed by atoms with van der Waals surface area (Å²) in [4.78, 5) is 0. The third-order valence-corrected chi connectivity index (χ3v) is 4.96. The summed E-state index contributed by atoms with van der Waals surface area (Å²) in [5.74, 6) is 0. The van der Waals surface area contributed by atoms with E-state index >= 15 is 0 Å². The molecule has 1 N–H and O–H groups in total. The van der Waals surface area contributed by atoms with Crippen molar-refractivity contribution in [2.75, 3.05) is 6.61 Å². The molecule has 0 saturated heterocycles. The van der Waals surface area contributed by atoms with Crippen molar-refractivity contribution in [1.82, 2.24) is 0 Å². The summed E-state index contributed by atoms with van der Waals surface area (Å²) in [5.41, 5.74) is 2.55. The first-order chi connectivity index (χ1) is 12.8. The Balaban J connectivity index is 1.77. The third-order valence-electron chi connectivity index (χ3n) is 4.96. The molecule has 0 aliphatic carbocycles. The van der Waals surface area contributed by atoms with Crippen molar-refractivity contribution in [3.8, 4) is 11.1 Å². The molecular weight excluding hydrogens is 320 g/mol. The third kappa shape index (κ3) is 7.65. The Bertz CT molecular complexity index is 537. The predicted octanol–water partition coefficient (Wildman–Crippen LogP) is 4.45. The molecule has 0 atom stereocenters. The summed E-state index contributed by atoms with van der Waals surface area (Å²) in [6.07, 6.45) is 19.8. The van der Waals surface area contributed by atoms with Crippen LogP contribution in [0.5, 0.6) is 0 Å². The highest BCUT2D eigenvalue weighted by molar-refractivity contribution is 5.60. The fraction of sp³-hybridized carbons (Fsp3) is 0.565. The highest BCUT2D eigenvalue weighted by atomic mass is 16.2. The van der Waals surface area contributed by atoms with Crippen molar-refractivity contribution >= 4 is 0 Å². The minimum Gasteiger partial charge on any atom is -0.396 e. The van der Waals surface area contributed by atoms with E-state index in [1.165, 1.54) is 56.1 Å². The fourth-order valence-electron chi connectivity index (χ4n) is 3.26. The van der Waals surface area contributed by atoms with E-state index in [1.54, 1.807) is 0 Å². The van der Waals surface area contributed by atoms with Crippen LogP contribution < -0.4 is 9.13 Å². The second-order valence-corrected chi connectivity index (χ2v) is 7.20. The van der Waals surface area contributed by atoms with Crippen LogP contribution >= 0.6 is 0 Å². The van der Waals surface area contributed by atoms with E-state index in [-0.39, 0.29) is 0 Å². The van der Waals surface area contributed by atoms with Gasteiger partial charge in [0, 0.05) is 43.7 Å². The van der Waals surface area contributed by atoms with Crippen molar-refractivity contribution in [2.45, 2.75) is 77.8 Å². The number of rotatable bonds is 13. The Morgan fingerprint density at radius 2 is 1.04 bits per heavy atom. The molecule has 2 rings (SSSR count). The average Bonchev–Trinajstić information content (AvgIpc) is 2.69. The topological polar surface area (TPSA) is 28.0 Å². The van der Waals surface area contributed by atoms with Crippen molar-refractivity contribution in [1.29, 1.82) is 0 Å². The van der Waals surface area contributed by atoms with Gasteiger partial charge in [0.1, 0.15) is 13.1 Å². The van der Waals surface area contributed by atoms with Gasteiger partial charge in [0.2, 0.25) is 0 Å². The number of nitrogens with zero attached hydrogens (tertiary/aromatic N) is 2. The molecule has 2 aromatic heterocycles. The number of aromatic nitrogens is 2. The van der Waals surface area contributed by atoms with Crippen LogP contribution in [0.1, 0.15) is 64.7 Å². The Morgan fingerprint density at radius 1 is 0.615 bits per heavy atom. The first kappa shape index (κ1) is 20.6. The summed E-state index contributed by atoms with van der Waals surface area (Å²) >= 11 is 0. The van der Waals surface area contributed by atoms with Crippen molar-refractivity contribution in [2.24, 2.45) is 0 Å². The van der Waals surface area contributed by atoms with E-state index in [4.69, 9.17) is 5.11 Å². The Labute approximate surface area is 159 Å². The number of hydrogen-bond donors (Lipinski definition) is 1. The molecule has 0 unspecified atom stereocenters. The second kappa shape index (κ2) is 12.6. The van der Waals surface area contributed by atoms with Gasteiger partial charge in [-0.2, -0.15) is 0 Å². The zero-order valence-corrected chi connectivity index (χ0v) is 16.4. The Morgan fingerprint density at radius 3 is 1.46 bits per heavy atom. The number of unbranched alkanes of at least 4 members (excludes halogenated alkanes) is 7. The van der Waals surface area contributed by atoms with Gasteiger partial charge in [-0.25, -0.2) is 9.13 Å². The van der Waals surface area contributed by atoms with Crippen LogP contribution in [0.15, 0.2) is 49.1 Å². The minimum absolute atomic E-state index is 0.317. The maximum absolute atomic E-state index is 8.81. The lowest BCUT2D eigenvalue weighted by atomic mass is 10.1. The van der Waals surface area contributed by atoms with Gasteiger partial charge in [-0.1, -0.05) is 32.6 Å². The smallest absolute Gasteiger partial charge is 0.169 e. The van der Waals surface area contributed by atoms with E-state index in [2.05, 4.69) is 65.1 Å². The van der Waals surface area contributed by atoms with Crippen LogP contribution in [0.3, 0.4) is 0 Å². The molecule has 26 heavy (non-hydrogen) atoms. The molecule has 0 aliphatic heterocycles. The second-order valence-electron chi connectivity index (χ2n) is 7.20. The molecule has 0 saturated carbocycles. The first-order valence-corrected chi connectivity index (χ1v) is 10.4. The Hall–Kier alpha value is -1.74. The van der Waals surface area contributed by atoms with Crippen molar-refractivity contribution in [3.05, 3.63) is 49.1 Å². The summed E-state index contributed by atoms with van der Waals surface area (Å²) in [7, 11) is 0. The van der Waals surface area contributed by atoms with E-state index in [1.807, 2.05) is 0 Å². The summed E-state index contributed by atoms with van der Waals surface area (Å²) in [6.45, 7) is 4.75. The van der Waals surface area contributed by atoms with Crippen LogP contribution in [0.2, 0.25) is 0 Å². The quantitative estimate of drug-likeness (QED) is 0.417. The van der Waals surface area contributed by atoms with Crippen LogP contribution in [0.25, 0.3) is 11.1 Å². The predicted molar refractivity (Wildman–Crippen MR) is 107 cm³/mol. The lowest BCUT2D eigenvalue weighted by molar-refractivity contribution is -0.697. The molecular formula is C23H36N2O+2. The molecule has 0 fully saturated rings.